The van der Waals surface area contributed by atoms with E-state index < -0.39 is 0 Å². The van der Waals surface area contributed by atoms with Crippen LogP contribution in [0.4, 0.5) is 11.8 Å². The Balaban J connectivity index is 1.66. The van der Waals surface area contributed by atoms with Crippen molar-refractivity contribution in [3.05, 3.63) is 35.3 Å². The minimum atomic E-state index is 0.594. The summed E-state index contributed by atoms with van der Waals surface area (Å²) in [4.78, 5) is 11.4. The third-order valence-corrected chi connectivity index (χ3v) is 5.05. The molecule has 0 saturated carbocycles. The fourth-order valence-electron chi connectivity index (χ4n) is 2.73. The monoisotopic (exact) mass is 344 g/mol. The number of anilines is 2. The lowest BCUT2D eigenvalue weighted by atomic mass is 10.2. The Morgan fingerprint density at radius 3 is 2.67 bits per heavy atom. The second kappa shape index (κ2) is 8.28. The molecule has 3 rings (SSSR count). The maximum Gasteiger partial charge on any atom is 0.243 e. The van der Waals surface area contributed by atoms with Gasteiger partial charge in [-0.1, -0.05) is 13.8 Å². The first kappa shape index (κ1) is 17.0. The van der Waals surface area contributed by atoms with E-state index in [1.54, 1.807) is 0 Å². The summed E-state index contributed by atoms with van der Waals surface area (Å²) in [6, 6.07) is 4.18. The highest BCUT2D eigenvalue weighted by molar-refractivity contribution is 7.99. The van der Waals surface area contributed by atoms with Crippen LogP contribution in [0, 0.1) is 0 Å². The maximum atomic E-state index is 4.58. The Morgan fingerprint density at radius 2 is 1.92 bits per heavy atom. The number of hydrogen-bond acceptors (Lipinski definition) is 7. The maximum absolute atomic E-state index is 4.58. The molecule has 24 heavy (non-hydrogen) atoms. The molecule has 2 aromatic heterocycles. The second-order valence-electron chi connectivity index (χ2n) is 5.71. The molecule has 0 radical (unpaired) electrons. The summed E-state index contributed by atoms with van der Waals surface area (Å²) in [7, 11) is 0. The third-order valence-electron chi connectivity index (χ3n) is 4.10. The molecule has 0 unspecified atom stereocenters. The largest absolute Gasteiger partial charge is 0.355 e. The van der Waals surface area contributed by atoms with E-state index in [0.29, 0.717) is 12.5 Å². The number of hydrogen-bond donors (Lipinski definition) is 1. The van der Waals surface area contributed by atoms with Crippen molar-refractivity contribution < 1.29 is 0 Å². The number of rotatable bonds is 6. The van der Waals surface area contributed by atoms with Crippen LogP contribution in [-0.2, 0) is 19.4 Å². The first-order chi connectivity index (χ1) is 11.8. The molecule has 2 aromatic rings. The van der Waals surface area contributed by atoms with Crippen molar-refractivity contribution in [1.82, 2.24) is 20.2 Å². The molecule has 1 saturated heterocycles. The normalized spacial score (nSPS) is 14.7. The standard InChI is InChI=1S/C17H24N6S/c1-3-14-15(4-2)21-22-17(20-14)19-12-13-5-6-18-16(11-13)23-7-9-24-10-8-23/h5-6,11H,3-4,7-10,12H2,1-2H3,(H,19,20,22). The second-order valence-corrected chi connectivity index (χ2v) is 6.94. The number of nitrogens with zero attached hydrogens (tertiary/aromatic N) is 5. The molecule has 7 heteroatoms. The molecular weight excluding hydrogens is 320 g/mol. The highest BCUT2D eigenvalue weighted by Crippen LogP contribution is 2.18. The van der Waals surface area contributed by atoms with Crippen LogP contribution in [0.5, 0.6) is 0 Å². The van der Waals surface area contributed by atoms with Gasteiger partial charge < -0.3 is 10.2 Å². The van der Waals surface area contributed by atoms with Gasteiger partial charge in [0.1, 0.15) is 5.82 Å². The molecule has 128 valence electrons. The van der Waals surface area contributed by atoms with Gasteiger partial charge >= 0.3 is 0 Å². The van der Waals surface area contributed by atoms with Crippen molar-refractivity contribution in [2.45, 2.75) is 33.2 Å². The van der Waals surface area contributed by atoms with Crippen LogP contribution in [0.25, 0.3) is 0 Å². The van der Waals surface area contributed by atoms with Crippen molar-refractivity contribution in [2.75, 3.05) is 34.8 Å². The fourth-order valence-corrected chi connectivity index (χ4v) is 3.63. The molecule has 0 spiro atoms. The molecule has 0 amide bonds. The van der Waals surface area contributed by atoms with Crippen LogP contribution in [0.15, 0.2) is 18.3 Å². The van der Waals surface area contributed by atoms with Gasteiger partial charge in [0.15, 0.2) is 0 Å². The van der Waals surface area contributed by atoms with E-state index in [1.165, 1.54) is 17.1 Å². The van der Waals surface area contributed by atoms with Crippen molar-refractivity contribution >= 4 is 23.5 Å². The molecule has 1 fully saturated rings. The fraction of sp³-hybridized carbons (Fsp3) is 0.529. The Labute approximate surface area is 147 Å². The highest BCUT2D eigenvalue weighted by atomic mass is 32.2. The molecule has 0 atom stereocenters. The molecule has 0 aromatic carbocycles. The van der Waals surface area contributed by atoms with E-state index in [2.05, 4.69) is 50.3 Å². The van der Waals surface area contributed by atoms with E-state index in [0.717, 1.165) is 43.1 Å². The average molecular weight is 344 g/mol. The Morgan fingerprint density at radius 1 is 1.12 bits per heavy atom. The van der Waals surface area contributed by atoms with Crippen LogP contribution in [-0.4, -0.2) is 44.8 Å². The first-order valence-electron chi connectivity index (χ1n) is 8.54. The SMILES string of the molecule is CCc1nnc(NCc2ccnc(N3CCSCC3)c2)nc1CC. The topological polar surface area (TPSA) is 66.8 Å². The lowest BCUT2D eigenvalue weighted by Crippen LogP contribution is -2.33. The summed E-state index contributed by atoms with van der Waals surface area (Å²) in [5.74, 6) is 4.00. The summed E-state index contributed by atoms with van der Waals surface area (Å²) in [5.41, 5.74) is 3.19. The minimum absolute atomic E-state index is 0.594. The number of aryl methyl sites for hydroxylation is 2. The van der Waals surface area contributed by atoms with Gasteiger partial charge in [0, 0.05) is 37.3 Å². The van der Waals surface area contributed by atoms with Gasteiger partial charge in [0.05, 0.1) is 11.4 Å². The summed E-state index contributed by atoms with van der Waals surface area (Å²) >= 11 is 2.01. The predicted octanol–water partition coefficient (Wildman–Crippen LogP) is 2.56. The van der Waals surface area contributed by atoms with E-state index in [-0.39, 0.29) is 0 Å². The van der Waals surface area contributed by atoms with Crippen molar-refractivity contribution in [3.63, 3.8) is 0 Å². The van der Waals surface area contributed by atoms with Crippen LogP contribution in [0.3, 0.4) is 0 Å². The summed E-state index contributed by atoms with van der Waals surface area (Å²) in [6.07, 6.45) is 3.62. The van der Waals surface area contributed by atoms with Crippen molar-refractivity contribution in [1.29, 1.82) is 0 Å². The Bertz CT molecular complexity index is 672. The van der Waals surface area contributed by atoms with Gasteiger partial charge in [0.25, 0.3) is 0 Å². The van der Waals surface area contributed by atoms with Gasteiger partial charge in [-0.05, 0) is 30.5 Å². The lowest BCUT2D eigenvalue weighted by molar-refractivity contribution is 0.818. The lowest BCUT2D eigenvalue weighted by Gasteiger charge is -2.27. The molecule has 6 nitrogen and oxygen atoms in total. The number of pyridine rings is 1. The van der Waals surface area contributed by atoms with Crippen LogP contribution >= 0.6 is 11.8 Å². The first-order valence-corrected chi connectivity index (χ1v) is 9.69. The molecule has 0 aliphatic carbocycles. The smallest absolute Gasteiger partial charge is 0.243 e. The third kappa shape index (κ3) is 4.14. The molecule has 1 aliphatic heterocycles. The summed E-state index contributed by atoms with van der Waals surface area (Å²) < 4.78 is 0. The predicted molar refractivity (Wildman–Crippen MR) is 99.7 cm³/mol. The minimum Gasteiger partial charge on any atom is -0.355 e. The Kier molecular flexibility index (Phi) is 5.85. The van der Waals surface area contributed by atoms with E-state index in [4.69, 9.17) is 0 Å². The number of nitrogens with one attached hydrogen (secondary N) is 1. The van der Waals surface area contributed by atoms with Gasteiger partial charge in [-0.15, -0.1) is 5.10 Å². The van der Waals surface area contributed by atoms with Crippen molar-refractivity contribution in [3.8, 4) is 0 Å². The van der Waals surface area contributed by atoms with E-state index in [1.807, 2.05) is 24.0 Å². The molecule has 0 bridgehead atoms. The summed E-state index contributed by atoms with van der Waals surface area (Å²) in [6.45, 7) is 6.99. The zero-order valence-electron chi connectivity index (χ0n) is 14.3. The quantitative estimate of drug-likeness (QED) is 0.864. The van der Waals surface area contributed by atoms with Gasteiger partial charge in [-0.2, -0.15) is 16.9 Å². The van der Waals surface area contributed by atoms with Gasteiger partial charge in [0.2, 0.25) is 5.95 Å². The molecule has 3 heterocycles. The highest BCUT2D eigenvalue weighted by Gasteiger charge is 2.12. The molecule has 1 aliphatic rings. The molecular formula is C17H24N6S. The van der Waals surface area contributed by atoms with Crippen LogP contribution in [0.1, 0.15) is 30.8 Å². The zero-order chi connectivity index (χ0) is 16.8. The Hall–Kier alpha value is -1.89. The molecule has 1 N–H and O–H groups in total. The van der Waals surface area contributed by atoms with Gasteiger partial charge in [-0.25, -0.2) is 9.97 Å². The summed E-state index contributed by atoms with van der Waals surface area (Å²) in [5, 5.41) is 11.7. The van der Waals surface area contributed by atoms with Crippen LogP contribution in [0.2, 0.25) is 0 Å². The van der Waals surface area contributed by atoms with E-state index in [9.17, 15) is 0 Å². The number of aromatic nitrogens is 4. The average Bonchev–Trinajstić information content (AvgIpc) is 2.67. The van der Waals surface area contributed by atoms with Gasteiger partial charge in [-0.3, -0.25) is 0 Å². The zero-order valence-corrected chi connectivity index (χ0v) is 15.1. The van der Waals surface area contributed by atoms with E-state index >= 15 is 0 Å². The number of thioether (sulfide) groups is 1. The van der Waals surface area contributed by atoms with Crippen LogP contribution < -0.4 is 10.2 Å². The van der Waals surface area contributed by atoms with Crippen molar-refractivity contribution in [2.24, 2.45) is 0 Å².